The van der Waals surface area contributed by atoms with E-state index in [-0.39, 0.29) is 30.8 Å². The van der Waals surface area contributed by atoms with Crippen molar-refractivity contribution in [2.75, 3.05) is 26.2 Å². The van der Waals surface area contributed by atoms with Gasteiger partial charge in [-0.1, -0.05) is 6.07 Å². The van der Waals surface area contributed by atoms with Crippen LogP contribution in [0.25, 0.3) is 10.6 Å². The van der Waals surface area contributed by atoms with E-state index in [2.05, 4.69) is 10.4 Å². The molecule has 4 heterocycles. The number of carbonyl (C=O) groups is 3. The Hall–Kier alpha value is -2.68. The maximum Gasteiger partial charge on any atom is 0.272 e. The van der Waals surface area contributed by atoms with E-state index in [1.807, 2.05) is 17.5 Å². The highest BCUT2D eigenvalue weighted by molar-refractivity contribution is 7.13. The Labute approximate surface area is 148 Å². The van der Waals surface area contributed by atoms with E-state index in [1.54, 1.807) is 38.9 Å². The van der Waals surface area contributed by atoms with E-state index < -0.39 is 6.04 Å². The third kappa shape index (κ3) is 2.70. The minimum Gasteiger partial charge on any atom is -0.345 e. The number of fused-ring (bicyclic) bond motifs is 1. The zero-order chi connectivity index (χ0) is 17.6. The van der Waals surface area contributed by atoms with Gasteiger partial charge in [-0.3, -0.25) is 19.1 Å². The predicted molar refractivity (Wildman–Crippen MR) is 90.9 cm³/mol. The van der Waals surface area contributed by atoms with Crippen LogP contribution < -0.4 is 5.32 Å². The lowest BCUT2D eigenvalue weighted by Gasteiger charge is -2.42. The van der Waals surface area contributed by atoms with Gasteiger partial charge in [0.1, 0.15) is 17.4 Å². The Morgan fingerprint density at radius 3 is 2.96 bits per heavy atom. The van der Waals surface area contributed by atoms with Crippen LogP contribution in [0.4, 0.5) is 0 Å². The molecule has 2 fully saturated rings. The molecule has 2 aromatic rings. The van der Waals surface area contributed by atoms with Crippen LogP contribution in [0.1, 0.15) is 10.5 Å². The molecular formula is C16H17N5O3S. The second-order valence-corrected chi connectivity index (χ2v) is 7.04. The summed E-state index contributed by atoms with van der Waals surface area (Å²) < 4.78 is 1.57. The second-order valence-electron chi connectivity index (χ2n) is 6.09. The van der Waals surface area contributed by atoms with E-state index in [1.165, 1.54) is 0 Å². The molecule has 8 nitrogen and oxygen atoms in total. The van der Waals surface area contributed by atoms with Crippen molar-refractivity contribution in [2.24, 2.45) is 7.05 Å². The molecule has 0 spiro atoms. The van der Waals surface area contributed by atoms with Gasteiger partial charge in [0.25, 0.3) is 5.91 Å². The normalized spacial score (nSPS) is 20.4. The summed E-state index contributed by atoms with van der Waals surface area (Å²) in [6.07, 6.45) is 0. The maximum absolute atomic E-state index is 12.9. The molecule has 0 bridgehead atoms. The van der Waals surface area contributed by atoms with Gasteiger partial charge in [0.15, 0.2) is 0 Å². The highest BCUT2D eigenvalue weighted by atomic mass is 32.1. The molecule has 25 heavy (non-hydrogen) atoms. The summed E-state index contributed by atoms with van der Waals surface area (Å²) in [5.41, 5.74) is 1.23. The average Bonchev–Trinajstić information content (AvgIpc) is 3.27. The molecule has 3 amide bonds. The standard InChI is InChI=1S/C16H17N5O3S/c1-19-11(7-10(18-19)13-3-2-6-25-13)16(24)20-4-5-21-12(9-20)15(23)17-8-14(21)22/h2-3,6-7,12H,4-5,8-9H2,1H3,(H,17,23)/t12-/m1/s1. The lowest BCUT2D eigenvalue weighted by molar-refractivity contribution is -0.148. The Kier molecular flexibility index (Phi) is 3.79. The fraction of sp³-hybridized carbons (Fsp3) is 0.375. The van der Waals surface area contributed by atoms with Gasteiger partial charge < -0.3 is 15.1 Å². The van der Waals surface area contributed by atoms with E-state index >= 15 is 0 Å². The van der Waals surface area contributed by atoms with Crippen LogP contribution in [0, 0.1) is 0 Å². The van der Waals surface area contributed by atoms with Gasteiger partial charge >= 0.3 is 0 Å². The number of hydrogen-bond acceptors (Lipinski definition) is 5. The minimum atomic E-state index is -0.607. The van der Waals surface area contributed by atoms with E-state index in [9.17, 15) is 14.4 Å². The summed E-state index contributed by atoms with van der Waals surface area (Å²) in [7, 11) is 1.73. The molecule has 0 saturated carbocycles. The number of aryl methyl sites for hydroxylation is 1. The molecule has 2 saturated heterocycles. The lowest BCUT2D eigenvalue weighted by Crippen LogP contribution is -2.66. The first-order valence-electron chi connectivity index (χ1n) is 7.99. The summed E-state index contributed by atoms with van der Waals surface area (Å²) in [6.45, 7) is 1.03. The lowest BCUT2D eigenvalue weighted by atomic mass is 10.1. The van der Waals surface area contributed by atoms with Crippen molar-refractivity contribution in [3.8, 4) is 10.6 Å². The number of amides is 3. The van der Waals surface area contributed by atoms with Gasteiger partial charge in [0.05, 0.1) is 18.0 Å². The van der Waals surface area contributed by atoms with Crippen molar-refractivity contribution in [3.63, 3.8) is 0 Å². The molecule has 1 atom stereocenters. The summed E-state index contributed by atoms with van der Waals surface area (Å²) in [4.78, 5) is 41.0. The van der Waals surface area contributed by atoms with Crippen LogP contribution in [0.3, 0.4) is 0 Å². The third-order valence-electron chi connectivity index (χ3n) is 4.58. The first kappa shape index (κ1) is 15.8. The molecule has 0 aromatic carbocycles. The van der Waals surface area contributed by atoms with Crippen LogP contribution >= 0.6 is 11.3 Å². The van der Waals surface area contributed by atoms with Crippen LogP contribution in [-0.2, 0) is 16.6 Å². The second kappa shape index (κ2) is 5.99. The molecular weight excluding hydrogens is 342 g/mol. The monoisotopic (exact) mass is 359 g/mol. The fourth-order valence-corrected chi connectivity index (χ4v) is 3.93. The van der Waals surface area contributed by atoms with E-state index in [4.69, 9.17) is 0 Å². The molecule has 0 unspecified atom stereocenters. The topological polar surface area (TPSA) is 87.5 Å². The summed E-state index contributed by atoms with van der Waals surface area (Å²) in [5, 5.41) is 8.95. The van der Waals surface area contributed by atoms with Gasteiger partial charge in [0, 0.05) is 20.1 Å². The molecule has 4 rings (SSSR count). The van der Waals surface area contributed by atoms with Crippen molar-refractivity contribution in [1.29, 1.82) is 0 Å². The van der Waals surface area contributed by atoms with E-state index in [0.29, 0.717) is 18.8 Å². The maximum atomic E-state index is 12.9. The van der Waals surface area contributed by atoms with Gasteiger partial charge in [0.2, 0.25) is 11.8 Å². The van der Waals surface area contributed by atoms with Crippen LogP contribution in [0.5, 0.6) is 0 Å². The zero-order valence-electron chi connectivity index (χ0n) is 13.6. The van der Waals surface area contributed by atoms with Crippen molar-refractivity contribution < 1.29 is 14.4 Å². The Morgan fingerprint density at radius 1 is 1.36 bits per heavy atom. The highest BCUT2D eigenvalue weighted by Gasteiger charge is 2.40. The summed E-state index contributed by atoms with van der Waals surface area (Å²) >= 11 is 1.56. The zero-order valence-corrected chi connectivity index (χ0v) is 14.5. The Balaban J connectivity index is 1.56. The predicted octanol–water partition coefficient (Wildman–Crippen LogP) is -0.0686. The number of carbonyl (C=O) groups excluding carboxylic acids is 3. The number of hydrogen-bond donors (Lipinski definition) is 1. The molecule has 2 aliphatic heterocycles. The van der Waals surface area contributed by atoms with Crippen LogP contribution in [-0.4, -0.2) is 69.5 Å². The average molecular weight is 359 g/mol. The smallest absolute Gasteiger partial charge is 0.272 e. The number of rotatable bonds is 2. The highest BCUT2D eigenvalue weighted by Crippen LogP contribution is 2.25. The van der Waals surface area contributed by atoms with Crippen molar-refractivity contribution in [3.05, 3.63) is 29.3 Å². The number of nitrogens with zero attached hydrogens (tertiary/aromatic N) is 4. The summed E-state index contributed by atoms with van der Waals surface area (Å²) in [6, 6.07) is 5.06. The first-order chi connectivity index (χ1) is 12.0. The van der Waals surface area contributed by atoms with Crippen molar-refractivity contribution >= 4 is 29.1 Å². The molecule has 0 radical (unpaired) electrons. The van der Waals surface area contributed by atoms with Gasteiger partial charge in [-0.05, 0) is 17.5 Å². The number of nitrogens with one attached hydrogen (secondary N) is 1. The molecule has 130 valence electrons. The quantitative estimate of drug-likeness (QED) is 0.813. The first-order valence-corrected chi connectivity index (χ1v) is 8.87. The molecule has 2 aliphatic rings. The number of aromatic nitrogens is 2. The van der Waals surface area contributed by atoms with Crippen LogP contribution in [0.15, 0.2) is 23.6 Å². The molecule has 9 heteroatoms. The number of piperazine rings is 2. The minimum absolute atomic E-state index is 0.0369. The van der Waals surface area contributed by atoms with Crippen molar-refractivity contribution in [2.45, 2.75) is 6.04 Å². The van der Waals surface area contributed by atoms with Gasteiger partial charge in [-0.25, -0.2) is 0 Å². The SMILES string of the molecule is Cn1nc(-c2cccs2)cc1C(=O)N1CCN2C(=O)CNC(=O)[C@H]2C1. The van der Waals surface area contributed by atoms with Crippen molar-refractivity contribution in [1.82, 2.24) is 24.9 Å². The Bertz CT molecular complexity index is 844. The number of thiophene rings is 1. The molecule has 1 N–H and O–H groups in total. The molecule has 2 aromatic heterocycles. The van der Waals surface area contributed by atoms with Gasteiger partial charge in [-0.2, -0.15) is 5.10 Å². The Morgan fingerprint density at radius 2 is 2.20 bits per heavy atom. The van der Waals surface area contributed by atoms with Gasteiger partial charge in [-0.15, -0.1) is 11.3 Å². The van der Waals surface area contributed by atoms with E-state index in [0.717, 1.165) is 10.6 Å². The summed E-state index contributed by atoms with van der Waals surface area (Å²) in [5.74, 6) is -0.484. The third-order valence-corrected chi connectivity index (χ3v) is 5.47. The van der Waals surface area contributed by atoms with Crippen LogP contribution in [0.2, 0.25) is 0 Å². The fourth-order valence-electron chi connectivity index (χ4n) is 3.25. The largest absolute Gasteiger partial charge is 0.345 e. The molecule has 0 aliphatic carbocycles.